The van der Waals surface area contributed by atoms with Crippen LogP contribution < -0.4 is 5.32 Å². The molecule has 0 saturated carbocycles. The van der Waals surface area contributed by atoms with Crippen LogP contribution in [0.2, 0.25) is 0 Å². The van der Waals surface area contributed by atoms with Gasteiger partial charge in [-0.15, -0.1) is 0 Å². The molecule has 0 spiro atoms. The van der Waals surface area contributed by atoms with Gasteiger partial charge in [0.15, 0.2) is 0 Å². The van der Waals surface area contributed by atoms with Gasteiger partial charge in [0, 0.05) is 13.0 Å². The monoisotopic (exact) mass is 263 g/mol. The minimum Gasteiger partial charge on any atom is -0.478 e. The molecular formula is C15H21NO3. The van der Waals surface area contributed by atoms with Gasteiger partial charge in [0.1, 0.15) is 0 Å². The second kappa shape index (κ2) is 6.36. The summed E-state index contributed by atoms with van der Waals surface area (Å²) in [6.07, 6.45) is 1.12. The van der Waals surface area contributed by atoms with E-state index in [9.17, 15) is 9.59 Å². The predicted molar refractivity (Wildman–Crippen MR) is 74.2 cm³/mol. The van der Waals surface area contributed by atoms with Crippen LogP contribution in [0.3, 0.4) is 0 Å². The van der Waals surface area contributed by atoms with E-state index in [1.807, 2.05) is 26.8 Å². The number of carboxylic acid groups (broad SMARTS) is 1. The van der Waals surface area contributed by atoms with E-state index in [0.29, 0.717) is 19.4 Å². The molecule has 1 aromatic carbocycles. The number of aromatic carboxylic acids is 1. The number of nitrogens with one attached hydrogen (secondary N) is 1. The Morgan fingerprint density at radius 1 is 1.26 bits per heavy atom. The Labute approximate surface area is 113 Å². The number of hydrogen-bond donors (Lipinski definition) is 2. The van der Waals surface area contributed by atoms with Crippen molar-refractivity contribution in [1.29, 1.82) is 0 Å². The molecule has 0 unspecified atom stereocenters. The van der Waals surface area contributed by atoms with Crippen LogP contribution in [0.5, 0.6) is 0 Å². The van der Waals surface area contributed by atoms with E-state index in [4.69, 9.17) is 5.11 Å². The van der Waals surface area contributed by atoms with Gasteiger partial charge in [-0.1, -0.05) is 32.9 Å². The highest BCUT2D eigenvalue weighted by atomic mass is 16.4. The molecule has 1 aromatic rings. The summed E-state index contributed by atoms with van der Waals surface area (Å²) in [7, 11) is 0. The maximum atomic E-state index is 11.6. The van der Waals surface area contributed by atoms with Gasteiger partial charge >= 0.3 is 5.97 Å². The highest BCUT2D eigenvalue weighted by Gasteiger charge is 2.15. The first-order valence-electron chi connectivity index (χ1n) is 6.37. The summed E-state index contributed by atoms with van der Waals surface area (Å²) in [6, 6.07) is 6.78. The highest BCUT2D eigenvalue weighted by Crippen LogP contribution is 2.17. The lowest BCUT2D eigenvalue weighted by Gasteiger charge is -2.17. The Morgan fingerprint density at radius 3 is 2.53 bits per heavy atom. The molecule has 0 aromatic heterocycles. The van der Waals surface area contributed by atoms with Crippen LogP contribution in [0.4, 0.5) is 0 Å². The second-order valence-electron chi connectivity index (χ2n) is 5.84. The quantitative estimate of drug-likeness (QED) is 0.857. The molecule has 1 rings (SSSR count). The Balaban J connectivity index is 2.43. The maximum absolute atomic E-state index is 11.6. The van der Waals surface area contributed by atoms with Crippen LogP contribution >= 0.6 is 0 Å². The van der Waals surface area contributed by atoms with Crippen molar-refractivity contribution in [3.05, 3.63) is 35.4 Å². The SMILES string of the molecule is CC(C)(C)CC(=O)NCCc1cccc(C(=O)O)c1. The molecular weight excluding hydrogens is 242 g/mol. The lowest BCUT2D eigenvalue weighted by molar-refractivity contribution is -0.122. The standard InChI is InChI=1S/C15H21NO3/c1-15(2,3)10-13(17)16-8-7-11-5-4-6-12(9-11)14(18)19/h4-6,9H,7-8,10H2,1-3H3,(H,16,17)(H,18,19). The summed E-state index contributed by atoms with van der Waals surface area (Å²) >= 11 is 0. The first kappa shape index (κ1) is 15.2. The Morgan fingerprint density at radius 2 is 1.95 bits per heavy atom. The van der Waals surface area contributed by atoms with Crippen LogP contribution in [0.1, 0.15) is 43.1 Å². The van der Waals surface area contributed by atoms with Gasteiger partial charge in [-0.05, 0) is 29.5 Å². The normalized spacial score (nSPS) is 11.1. The van der Waals surface area contributed by atoms with E-state index in [2.05, 4.69) is 5.32 Å². The molecule has 0 heterocycles. The molecule has 2 N–H and O–H groups in total. The predicted octanol–water partition coefficient (Wildman–Crippen LogP) is 2.48. The van der Waals surface area contributed by atoms with Gasteiger partial charge in [0.25, 0.3) is 0 Å². The van der Waals surface area contributed by atoms with Gasteiger partial charge in [-0.2, -0.15) is 0 Å². The minimum atomic E-state index is -0.932. The van der Waals surface area contributed by atoms with E-state index in [0.717, 1.165) is 5.56 Å². The van der Waals surface area contributed by atoms with Gasteiger partial charge in [0.05, 0.1) is 5.56 Å². The molecule has 0 atom stereocenters. The number of carbonyl (C=O) groups is 2. The molecule has 4 heteroatoms. The molecule has 4 nitrogen and oxygen atoms in total. The van der Waals surface area contributed by atoms with E-state index in [1.54, 1.807) is 18.2 Å². The molecule has 0 bridgehead atoms. The summed E-state index contributed by atoms with van der Waals surface area (Å²) in [4.78, 5) is 22.4. The first-order valence-corrected chi connectivity index (χ1v) is 6.37. The van der Waals surface area contributed by atoms with E-state index >= 15 is 0 Å². The lowest BCUT2D eigenvalue weighted by atomic mass is 9.92. The van der Waals surface area contributed by atoms with Crippen molar-refractivity contribution in [3.63, 3.8) is 0 Å². The zero-order valence-corrected chi connectivity index (χ0v) is 11.7. The molecule has 0 aliphatic carbocycles. The Bertz CT molecular complexity index is 461. The van der Waals surface area contributed by atoms with Gasteiger partial charge in [-0.3, -0.25) is 4.79 Å². The maximum Gasteiger partial charge on any atom is 0.335 e. The largest absolute Gasteiger partial charge is 0.478 e. The van der Waals surface area contributed by atoms with Crippen molar-refractivity contribution >= 4 is 11.9 Å². The Kier molecular flexibility index (Phi) is 5.10. The number of hydrogen-bond acceptors (Lipinski definition) is 2. The fraction of sp³-hybridized carbons (Fsp3) is 0.467. The van der Waals surface area contributed by atoms with Crippen molar-refractivity contribution in [2.75, 3.05) is 6.54 Å². The minimum absolute atomic E-state index is 0.0205. The molecule has 0 radical (unpaired) electrons. The number of carboxylic acids is 1. The summed E-state index contributed by atoms with van der Waals surface area (Å²) in [6.45, 7) is 6.58. The summed E-state index contributed by atoms with van der Waals surface area (Å²) in [5.74, 6) is -0.902. The third kappa shape index (κ3) is 6.04. The van der Waals surface area contributed by atoms with Crippen molar-refractivity contribution in [1.82, 2.24) is 5.32 Å². The Hall–Kier alpha value is -1.84. The molecule has 0 aliphatic heterocycles. The molecule has 0 aliphatic rings. The van der Waals surface area contributed by atoms with Crippen LogP contribution in [0, 0.1) is 5.41 Å². The molecule has 0 saturated heterocycles. The number of carbonyl (C=O) groups excluding carboxylic acids is 1. The van der Waals surface area contributed by atoms with Gasteiger partial charge in [-0.25, -0.2) is 4.79 Å². The van der Waals surface area contributed by atoms with Gasteiger partial charge in [0.2, 0.25) is 5.91 Å². The van der Waals surface area contributed by atoms with Gasteiger partial charge < -0.3 is 10.4 Å². The summed E-state index contributed by atoms with van der Waals surface area (Å²) < 4.78 is 0. The average molecular weight is 263 g/mol. The van der Waals surface area contributed by atoms with Crippen molar-refractivity contribution in [2.45, 2.75) is 33.6 Å². The van der Waals surface area contributed by atoms with Crippen molar-refractivity contribution < 1.29 is 14.7 Å². The van der Waals surface area contributed by atoms with Crippen LogP contribution in [-0.4, -0.2) is 23.5 Å². The van der Waals surface area contributed by atoms with Crippen LogP contribution in [-0.2, 0) is 11.2 Å². The zero-order valence-electron chi connectivity index (χ0n) is 11.7. The number of benzene rings is 1. The molecule has 0 fully saturated rings. The van der Waals surface area contributed by atoms with Crippen molar-refractivity contribution in [3.8, 4) is 0 Å². The second-order valence-corrected chi connectivity index (χ2v) is 5.84. The molecule has 19 heavy (non-hydrogen) atoms. The summed E-state index contributed by atoms with van der Waals surface area (Å²) in [5.41, 5.74) is 1.17. The summed E-state index contributed by atoms with van der Waals surface area (Å²) in [5, 5.41) is 11.7. The first-order chi connectivity index (χ1) is 8.78. The fourth-order valence-corrected chi connectivity index (χ4v) is 1.75. The highest BCUT2D eigenvalue weighted by molar-refractivity contribution is 5.87. The van der Waals surface area contributed by atoms with E-state index in [1.165, 1.54) is 0 Å². The van der Waals surface area contributed by atoms with E-state index < -0.39 is 5.97 Å². The smallest absolute Gasteiger partial charge is 0.335 e. The fourth-order valence-electron chi connectivity index (χ4n) is 1.75. The topological polar surface area (TPSA) is 66.4 Å². The molecule has 104 valence electrons. The molecule has 1 amide bonds. The van der Waals surface area contributed by atoms with Crippen LogP contribution in [0.15, 0.2) is 24.3 Å². The van der Waals surface area contributed by atoms with Crippen molar-refractivity contribution in [2.24, 2.45) is 5.41 Å². The number of rotatable bonds is 5. The van der Waals surface area contributed by atoms with E-state index in [-0.39, 0.29) is 16.9 Å². The lowest BCUT2D eigenvalue weighted by Crippen LogP contribution is -2.29. The number of amides is 1. The average Bonchev–Trinajstić information content (AvgIpc) is 2.27. The third-order valence-electron chi connectivity index (χ3n) is 2.60. The van der Waals surface area contributed by atoms with Crippen LogP contribution in [0.25, 0.3) is 0 Å². The zero-order chi connectivity index (χ0) is 14.5. The third-order valence-corrected chi connectivity index (χ3v) is 2.60.